The van der Waals surface area contributed by atoms with Gasteiger partial charge in [0.25, 0.3) is 0 Å². The lowest BCUT2D eigenvalue weighted by molar-refractivity contribution is 0.385. The summed E-state index contributed by atoms with van der Waals surface area (Å²) in [5, 5.41) is 3.44. The van der Waals surface area contributed by atoms with Crippen molar-refractivity contribution in [2.24, 2.45) is 0 Å². The predicted molar refractivity (Wildman–Crippen MR) is 119 cm³/mol. The van der Waals surface area contributed by atoms with Crippen molar-refractivity contribution in [1.82, 2.24) is 9.29 Å². The monoisotopic (exact) mass is 447 g/mol. The molecule has 0 amide bonds. The molecule has 8 heteroatoms. The van der Waals surface area contributed by atoms with Crippen LogP contribution in [0.1, 0.15) is 11.1 Å². The highest BCUT2D eigenvalue weighted by atomic mass is 35.5. The summed E-state index contributed by atoms with van der Waals surface area (Å²) in [6.45, 7) is 6.26. The first-order valence-corrected chi connectivity index (χ1v) is 12.1. The first-order valence-electron chi connectivity index (χ1n) is 9.39. The summed E-state index contributed by atoms with van der Waals surface area (Å²) >= 11 is 7.57. The number of aromatic nitrogens is 1. The Morgan fingerprint density at radius 3 is 2.31 bits per heavy atom. The van der Waals surface area contributed by atoms with E-state index in [9.17, 15) is 8.42 Å². The van der Waals surface area contributed by atoms with Gasteiger partial charge in [-0.15, -0.1) is 11.3 Å². The van der Waals surface area contributed by atoms with Crippen LogP contribution in [-0.4, -0.2) is 43.9 Å². The number of thiazole rings is 1. The highest BCUT2D eigenvalue weighted by molar-refractivity contribution is 7.89. The van der Waals surface area contributed by atoms with Crippen molar-refractivity contribution >= 4 is 38.1 Å². The number of benzene rings is 2. The molecule has 29 heavy (non-hydrogen) atoms. The molecule has 0 bridgehead atoms. The Bertz CT molecular complexity index is 1120. The molecule has 0 saturated carbocycles. The SMILES string of the molecule is Cc1cccc(C)c1-c1csc(N2CCN(S(=O)(=O)c3cccc(Cl)c3)CC2)n1. The fourth-order valence-corrected chi connectivity index (χ4v) is 6.23. The van der Waals surface area contributed by atoms with Gasteiger partial charge in [-0.25, -0.2) is 13.4 Å². The number of sulfonamides is 1. The largest absolute Gasteiger partial charge is 0.345 e. The summed E-state index contributed by atoms with van der Waals surface area (Å²) < 4.78 is 27.3. The molecule has 0 unspecified atom stereocenters. The average Bonchev–Trinajstić information content (AvgIpc) is 3.18. The maximum Gasteiger partial charge on any atom is 0.243 e. The van der Waals surface area contributed by atoms with E-state index in [4.69, 9.17) is 16.6 Å². The van der Waals surface area contributed by atoms with Gasteiger partial charge in [0.05, 0.1) is 10.6 Å². The molecule has 1 saturated heterocycles. The Morgan fingerprint density at radius 1 is 1.00 bits per heavy atom. The van der Waals surface area contributed by atoms with E-state index in [1.165, 1.54) is 27.1 Å². The third-order valence-electron chi connectivity index (χ3n) is 5.17. The summed E-state index contributed by atoms with van der Waals surface area (Å²) in [5.74, 6) is 0. The molecule has 3 aromatic rings. The van der Waals surface area contributed by atoms with E-state index in [0.717, 1.165) is 10.8 Å². The second-order valence-electron chi connectivity index (χ2n) is 7.13. The van der Waals surface area contributed by atoms with Crippen molar-refractivity contribution in [1.29, 1.82) is 0 Å². The van der Waals surface area contributed by atoms with Crippen LogP contribution in [0.5, 0.6) is 0 Å². The molecule has 1 fully saturated rings. The van der Waals surface area contributed by atoms with E-state index in [1.807, 2.05) is 0 Å². The molecule has 1 aliphatic rings. The Morgan fingerprint density at radius 2 is 1.66 bits per heavy atom. The molecule has 1 aliphatic heterocycles. The fraction of sp³-hybridized carbons (Fsp3) is 0.286. The van der Waals surface area contributed by atoms with Crippen LogP contribution in [0, 0.1) is 13.8 Å². The zero-order chi connectivity index (χ0) is 20.6. The van der Waals surface area contributed by atoms with Crippen molar-refractivity contribution in [2.75, 3.05) is 31.1 Å². The minimum absolute atomic E-state index is 0.241. The first kappa shape index (κ1) is 20.3. The van der Waals surface area contributed by atoms with Gasteiger partial charge in [0, 0.05) is 42.1 Å². The molecule has 0 atom stereocenters. The summed E-state index contributed by atoms with van der Waals surface area (Å²) in [6.07, 6.45) is 0. The van der Waals surface area contributed by atoms with Crippen LogP contribution >= 0.6 is 22.9 Å². The van der Waals surface area contributed by atoms with Crippen molar-refractivity contribution in [2.45, 2.75) is 18.7 Å². The Labute approximate surface area is 180 Å². The fourth-order valence-electron chi connectivity index (χ4n) is 3.64. The number of piperazine rings is 1. The van der Waals surface area contributed by atoms with Crippen molar-refractivity contribution in [3.63, 3.8) is 0 Å². The van der Waals surface area contributed by atoms with Crippen molar-refractivity contribution in [3.8, 4) is 11.3 Å². The van der Waals surface area contributed by atoms with Crippen LogP contribution in [0.25, 0.3) is 11.3 Å². The van der Waals surface area contributed by atoms with Crippen LogP contribution in [0.15, 0.2) is 52.7 Å². The van der Waals surface area contributed by atoms with Gasteiger partial charge in [-0.3, -0.25) is 0 Å². The number of hydrogen-bond acceptors (Lipinski definition) is 5. The van der Waals surface area contributed by atoms with E-state index in [0.29, 0.717) is 31.2 Å². The van der Waals surface area contributed by atoms with E-state index < -0.39 is 10.0 Å². The van der Waals surface area contributed by atoms with Crippen LogP contribution in [0.4, 0.5) is 5.13 Å². The average molecular weight is 448 g/mol. The van der Waals surface area contributed by atoms with Gasteiger partial charge >= 0.3 is 0 Å². The lowest BCUT2D eigenvalue weighted by atomic mass is 10.0. The van der Waals surface area contributed by atoms with E-state index in [-0.39, 0.29) is 4.90 Å². The molecule has 5 nitrogen and oxygen atoms in total. The third-order valence-corrected chi connectivity index (χ3v) is 8.20. The Hall–Kier alpha value is -1.93. The first-order chi connectivity index (χ1) is 13.9. The lowest BCUT2D eigenvalue weighted by Gasteiger charge is -2.33. The van der Waals surface area contributed by atoms with Gasteiger partial charge in [0.1, 0.15) is 0 Å². The molecular formula is C21H22ClN3O2S2. The van der Waals surface area contributed by atoms with Crippen molar-refractivity contribution in [3.05, 3.63) is 64.0 Å². The smallest absolute Gasteiger partial charge is 0.243 e. The summed E-state index contributed by atoms with van der Waals surface area (Å²) in [6, 6.07) is 12.7. The Balaban J connectivity index is 1.49. The van der Waals surface area contributed by atoms with Crippen molar-refractivity contribution < 1.29 is 8.42 Å². The minimum Gasteiger partial charge on any atom is -0.345 e. The Kier molecular flexibility index (Phi) is 5.66. The summed E-state index contributed by atoms with van der Waals surface area (Å²) in [4.78, 5) is 7.24. The number of nitrogens with zero attached hydrogens (tertiary/aromatic N) is 3. The summed E-state index contributed by atoms with van der Waals surface area (Å²) in [7, 11) is -3.53. The molecule has 0 N–H and O–H groups in total. The molecule has 4 rings (SSSR count). The maximum atomic E-state index is 12.9. The molecular weight excluding hydrogens is 426 g/mol. The number of halogens is 1. The number of rotatable bonds is 4. The van der Waals surface area contributed by atoms with Crippen LogP contribution in [-0.2, 0) is 10.0 Å². The van der Waals surface area contributed by atoms with Gasteiger partial charge in [0.2, 0.25) is 10.0 Å². The second-order valence-corrected chi connectivity index (χ2v) is 10.3. The number of hydrogen-bond donors (Lipinski definition) is 0. The van der Waals surface area contributed by atoms with Crippen LogP contribution in [0.3, 0.4) is 0 Å². The van der Waals surface area contributed by atoms with Gasteiger partial charge < -0.3 is 4.90 Å². The van der Waals surface area contributed by atoms with E-state index >= 15 is 0 Å². The quantitative estimate of drug-likeness (QED) is 0.586. The standard InChI is InChI=1S/C21H22ClN3O2S2/c1-15-5-3-6-16(2)20(15)19-14-28-21(23-19)24-9-11-25(12-10-24)29(26,27)18-8-4-7-17(22)13-18/h3-8,13-14H,9-12H2,1-2H3. The van der Waals surface area contributed by atoms with Gasteiger partial charge in [-0.05, 0) is 43.2 Å². The number of anilines is 1. The minimum atomic E-state index is -3.53. The topological polar surface area (TPSA) is 53.5 Å². The molecule has 2 heterocycles. The van der Waals surface area contributed by atoms with Gasteiger partial charge in [0.15, 0.2) is 5.13 Å². The van der Waals surface area contributed by atoms with Gasteiger partial charge in [-0.2, -0.15) is 4.31 Å². The molecule has 152 valence electrons. The molecule has 2 aromatic carbocycles. The highest BCUT2D eigenvalue weighted by Gasteiger charge is 2.29. The molecule has 0 radical (unpaired) electrons. The third kappa shape index (κ3) is 4.05. The lowest BCUT2D eigenvalue weighted by Crippen LogP contribution is -2.48. The second kappa shape index (κ2) is 8.07. The molecule has 0 aliphatic carbocycles. The normalized spacial score (nSPS) is 15.6. The van der Waals surface area contributed by atoms with E-state index in [2.05, 4.69) is 42.3 Å². The zero-order valence-corrected chi connectivity index (χ0v) is 18.7. The predicted octanol–water partition coefficient (Wildman–Crippen LogP) is 4.59. The van der Waals surface area contributed by atoms with Gasteiger partial charge in [-0.1, -0.05) is 35.9 Å². The molecule has 1 aromatic heterocycles. The van der Waals surface area contributed by atoms with Crippen LogP contribution < -0.4 is 4.90 Å². The number of aryl methyl sites for hydroxylation is 2. The highest BCUT2D eigenvalue weighted by Crippen LogP contribution is 2.32. The summed E-state index contributed by atoms with van der Waals surface area (Å²) in [5.41, 5.74) is 4.57. The van der Waals surface area contributed by atoms with Crippen LogP contribution in [0.2, 0.25) is 5.02 Å². The maximum absolute atomic E-state index is 12.9. The zero-order valence-electron chi connectivity index (χ0n) is 16.3. The molecule has 0 spiro atoms. The van der Waals surface area contributed by atoms with E-state index in [1.54, 1.807) is 29.5 Å².